The van der Waals surface area contributed by atoms with Gasteiger partial charge in [0.25, 0.3) is 0 Å². The summed E-state index contributed by atoms with van der Waals surface area (Å²) in [6.45, 7) is 0. The van der Waals surface area contributed by atoms with Gasteiger partial charge in [0.05, 0.1) is 0 Å². The Balaban J connectivity index is 1.43. The summed E-state index contributed by atoms with van der Waals surface area (Å²) >= 11 is 0. The molecule has 0 fully saturated rings. The molecule has 4 aromatic carbocycles. The van der Waals surface area contributed by atoms with E-state index < -0.39 is 0 Å². The quantitative estimate of drug-likeness (QED) is 0.390. The topological polar surface area (TPSA) is 18.5 Å². The Labute approximate surface area is 172 Å². The molecule has 4 rings (SSSR count). The Hall–Kier alpha value is -3.72. The van der Waals surface area contributed by atoms with Crippen molar-refractivity contribution in [3.8, 4) is 0 Å². The summed E-state index contributed by atoms with van der Waals surface area (Å²) in [7, 11) is 4.17. The van der Waals surface area contributed by atoms with E-state index in [9.17, 15) is 0 Å². The predicted molar refractivity (Wildman–Crippen MR) is 125 cm³/mol. The monoisotopic (exact) mass is 379 g/mol. The lowest BCUT2D eigenvalue weighted by Crippen LogP contribution is -2.09. The van der Waals surface area contributed by atoms with Crippen molar-refractivity contribution in [2.45, 2.75) is 0 Å². The molecule has 144 valence electrons. The maximum atomic E-state index is 3.48. The van der Waals surface area contributed by atoms with Crippen LogP contribution in [0.5, 0.6) is 0 Å². The van der Waals surface area contributed by atoms with Gasteiger partial charge in [-0.05, 0) is 72.8 Å². The van der Waals surface area contributed by atoms with Crippen LogP contribution in [0.15, 0.2) is 109 Å². The number of nitrogens with zero attached hydrogens (tertiary/aromatic N) is 2. The fourth-order valence-corrected chi connectivity index (χ4v) is 3.30. The molecule has 0 saturated carbocycles. The lowest BCUT2D eigenvalue weighted by molar-refractivity contribution is 1.21. The van der Waals surface area contributed by atoms with Gasteiger partial charge >= 0.3 is 0 Å². The minimum Gasteiger partial charge on any atom is -0.356 e. The van der Waals surface area contributed by atoms with E-state index in [2.05, 4.69) is 126 Å². The number of anilines is 6. The van der Waals surface area contributed by atoms with E-state index in [1.165, 1.54) is 11.4 Å². The van der Waals surface area contributed by atoms with Crippen molar-refractivity contribution in [1.29, 1.82) is 0 Å². The van der Waals surface area contributed by atoms with Crippen LogP contribution >= 0.6 is 0 Å². The second kappa shape index (κ2) is 8.53. The third-order valence-corrected chi connectivity index (χ3v) is 5.08. The fraction of sp³-hybridized carbons (Fsp3) is 0.0769. The number of hydrogen-bond donors (Lipinski definition) is 1. The third kappa shape index (κ3) is 4.41. The van der Waals surface area contributed by atoms with E-state index in [-0.39, 0.29) is 0 Å². The summed E-state index contributed by atoms with van der Waals surface area (Å²) in [5.41, 5.74) is 6.79. The molecule has 0 aromatic heterocycles. The molecule has 0 unspecified atom stereocenters. The molecule has 0 bridgehead atoms. The third-order valence-electron chi connectivity index (χ3n) is 5.08. The summed E-state index contributed by atoms with van der Waals surface area (Å²) in [4.78, 5) is 4.36. The van der Waals surface area contributed by atoms with Gasteiger partial charge in [0.2, 0.25) is 0 Å². The van der Waals surface area contributed by atoms with Gasteiger partial charge in [-0.2, -0.15) is 0 Å². The fourth-order valence-electron chi connectivity index (χ4n) is 3.30. The summed E-state index contributed by atoms with van der Waals surface area (Å²) < 4.78 is 0. The van der Waals surface area contributed by atoms with Gasteiger partial charge in [0.1, 0.15) is 0 Å². The maximum Gasteiger partial charge on any atom is 0.0409 e. The van der Waals surface area contributed by atoms with Crippen LogP contribution in [0.4, 0.5) is 34.1 Å². The van der Waals surface area contributed by atoms with Gasteiger partial charge < -0.3 is 15.1 Å². The average Bonchev–Trinajstić information content (AvgIpc) is 2.80. The van der Waals surface area contributed by atoms with Crippen LogP contribution in [0.2, 0.25) is 0 Å². The van der Waals surface area contributed by atoms with Crippen molar-refractivity contribution < 1.29 is 0 Å². The van der Waals surface area contributed by atoms with E-state index in [4.69, 9.17) is 0 Å². The first-order chi connectivity index (χ1) is 14.2. The molecule has 0 saturated heterocycles. The Morgan fingerprint density at radius 1 is 0.414 bits per heavy atom. The van der Waals surface area contributed by atoms with E-state index in [0.29, 0.717) is 0 Å². The number of para-hydroxylation sites is 2. The summed E-state index contributed by atoms with van der Waals surface area (Å²) in [6, 6.07) is 37.7. The van der Waals surface area contributed by atoms with E-state index in [0.717, 1.165) is 22.7 Å². The normalized spacial score (nSPS) is 10.4. The Morgan fingerprint density at radius 2 is 0.724 bits per heavy atom. The second-order valence-electron chi connectivity index (χ2n) is 7.01. The number of hydrogen-bond acceptors (Lipinski definition) is 3. The summed E-state index contributed by atoms with van der Waals surface area (Å²) in [5, 5.41) is 3.48. The zero-order valence-electron chi connectivity index (χ0n) is 16.8. The maximum absolute atomic E-state index is 3.48. The Bertz CT molecular complexity index is 940. The predicted octanol–water partition coefficient (Wildman–Crippen LogP) is 6.97. The lowest BCUT2D eigenvalue weighted by Gasteiger charge is -2.20. The molecule has 0 heterocycles. The van der Waals surface area contributed by atoms with Gasteiger partial charge in [-0.15, -0.1) is 0 Å². The molecule has 0 aliphatic carbocycles. The molecular weight excluding hydrogens is 354 g/mol. The van der Waals surface area contributed by atoms with Crippen LogP contribution in [-0.2, 0) is 0 Å². The highest BCUT2D eigenvalue weighted by atomic mass is 15.1. The van der Waals surface area contributed by atoms with E-state index >= 15 is 0 Å². The van der Waals surface area contributed by atoms with Gasteiger partial charge in [-0.3, -0.25) is 0 Å². The standard InChI is InChI=1S/C26H25N3/c1-28(23-9-5-3-6-10-23)25-17-13-21(14-18-25)27-22-15-19-26(20-16-22)29(2)24-11-7-4-8-12-24/h3-20,27H,1-2H3. The SMILES string of the molecule is CN(c1ccccc1)c1ccc(Nc2ccc(N(C)c3ccccc3)cc2)cc1. The van der Waals surface area contributed by atoms with Crippen molar-refractivity contribution >= 4 is 34.1 Å². The first-order valence-electron chi connectivity index (χ1n) is 9.75. The van der Waals surface area contributed by atoms with Crippen molar-refractivity contribution in [3.63, 3.8) is 0 Å². The molecule has 4 aromatic rings. The van der Waals surface area contributed by atoms with Crippen LogP contribution in [0, 0.1) is 0 Å². The molecule has 0 amide bonds. The Kier molecular flexibility index (Phi) is 5.48. The van der Waals surface area contributed by atoms with Crippen LogP contribution < -0.4 is 15.1 Å². The molecule has 0 atom stereocenters. The molecule has 0 aliphatic rings. The zero-order valence-corrected chi connectivity index (χ0v) is 16.8. The molecular formula is C26H25N3. The zero-order chi connectivity index (χ0) is 20.1. The van der Waals surface area contributed by atoms with E-state index in [1.54, 1.807) is 0 Å². The largest absolute Gasteiger partial charge is 0.356 e. The molecule has 0 spiro atoms. The van der Waals surface area contributed by atoms with Crippen molar-refractivity contribution in [1.82, 2.24) is 0 Å². The number of rotatable bonds is 6. The molecule has 3 nitrogen and oxygen atoms in total. The van der Waals surface area contributed by atoms with Crippen LogP contribution in [0.1, 0.15) is 0 Å². The van der Waals surface area contributed by atoms with E-state index in [1.807, 2.05) is 12.1 Å². The average molecular weight is 380 g/mol. The van der Waals surface area contributed by atoms with Crippen molar-refractivity contribution in [2.75, 3.05) is 29.2 Å². The van der Waals surface area contributed by atoms with Gasteiger partial charge in [-0.1, -0.05) is 36.4 Å². The molecule has 29 heavy (non-hydrogen) atoms. The molecule has 0 radical (unpaired) electrons. The summed E-state index contributed by atoms with van der Waals surface area (Å²) in [5.74, 6) is 0. The van der Waals surface area contributed by atoms with Crippen LogP contribution in [-0.4, -0.2) is 14.1 Å². The molecule has 0 aliphatic heterocycles. The summed E-state index contributed by atoms with van der Waals surface area (Å²) in [6.07, 6.45) is 0. The van der Waals surface area contributed by atoms with Crippen molar-refractivity contribution in [3.05, 3.63) is 109 Å². The minimum atomic E-state index is 1.07. The first kappa shape index (κ1) is 18.6. The lowest BCUT2D eigenvalue weighted by atomic mass is 10.2. The smallest absolute Gasteiger partial charge is 0.0409 e. The first-order valence-corrected chi connectivity index (χ1v) is 9.75. The highest BCUT2D eigenvalue weighted by Crippen LogP contribution is 2.28. The number of nitrogens with one attached hydrogen (secondary N) is 1. The van der Waals surface area contributed by atoms with Gasteiger partial charge in [0, 0.05) is 48.2 Å². The molecule has 3 heteroatoms. The van der Waals surface area contributed by atoms with Crippen LogP contribution in [0.3, 0.4) is 0 Å². The Morgan fingerprint density at radius 3 is 1.07 bits per heavy atom. The van der Waals surface area contributed by atoms with Crippen LogP contribution in [0.25, 0.3) is 0 Å². The van der Waals surface area contributed by atoms with Gasteiger partial charge in [0.15, 0.2) is 0 Å². The minimum absolute atomic E-state index is 1.07. The highest BCUT2D eigenvalue weighted by Gasteiger charge is 2.05. The molecule has 1 N–H and O–H groups in total. The van der Waals surface area contributed by atoms with Gasteiger partial charge in [-0.25, -0.2) is 0 Å². The number of benzene rings is 4. The second-order valence-corrected chi connectivity index (χ2v) is 7.01. The highest BCUT2D eigenvalue weighted by molar-refractivity contribution is 5.69. The van der Waals surface area contributed by atoms with Crippen molar-refractivity contribution in [2.24, 2.45) is 0 Å².